The van der Waals surface area contributed by atoms with Gasteiger partial charge in [0.25, 0.3) is 5.91 Å². The molecule has 0 fully saturated rings. The van der Waals surface area contributed by atoms with Gasteiger partial charge >= 0.3 is 0 Å². The van der Waals surface area contributed by atoms with Crippen LogP contribution in [0, 0.1) is 0 Å². The van der Waals surface area contributed by atoms with Crippen molar-refractivity contribution >= 4 is 40.7 Å². The Balaban J connectivity index is 1.45. The van der Waals surface area contributed by atoms with Crippen LogP contribution < -0.4 is 24.8 Å². The minimum absolute atomic E-state index is 0.292. The highest BCUT2D eigenvalue weighted by Gasteiger charge is 2.34. The molecule has 4 aromatic rings. The number of nitrogens with one attached hydrogen (secondary N) is 2. The van der Waals surface area contributed by atoms with E-state index >= 15 is 0 Å². The number of carbonyl (C=O) groups excluding carboxylic acids is 1. The Kier molecular flexibility index (Phi) is 7.63. The maximum absolute atomic E-state index is 13.8. The first-order chi connectivity index (χ1) is 18.9. The SMILES string of the molecule is COc1ccc(NC(=O)C2=C(C)Nc3ncnn3[C@@H]2c2cccc(OCc3ccc(Cl)c(Cl)c3)c2)c(OC)c1. The Morgan fingerprint density at radius 3 is 2.64 bits per heavy atom. The fourth-order valence-corrected chi connectivity index (χ4v) is 4.68. The molecule has 0 bridgehead atoms. The second kappa shape index (κ2) is 11.3. The molecule has 0 unspecified atom stereocenters. The molecule has 9 nitrogen and oxygen atoms in total. The van der Waals surface area contributed by atoms with Crippen molar-refractivity contribution < 1.29 is 19.0 Å². The minimum atomic E-state index is -0.568. The topological polar surface area (TPSA) is 99.5 Å². The van der Waals surface area contributed by atoms with E-state index in [1.165, 1.54) is 13.4 Å². The van der Waals surface area contributed by atoms with E-state index in [0.717, 1.165) is 11.1 Å². The number of fused-ring (bicyclic) bond motifs is 1. The predicted molar refractivity (Wildman–Crippen MR) is 150 cm³/mol. The molecule has 11 heteroatoms. The third-order valence-electron chi connectivity index (χ3n) is 6.26. The summed E-state index contributed by atoms with van der Waals surface area (Å²) >= 11 is 12.2. The van der Waals surface area contributed by atoms with Gasteiger partial charge in [-0.25, -0.2) is 4.68 Å². The number of benzene rings is 3. The molecule has 0 saturated heterocycles. The minimum Gasteiger partial charge on any atom is -0.497 e. The van der Waals surface area contributed by atoms with Crippen LogP contribution in [0.1, 0.15) is 24.1 Å². The Bertz CT molecular complexity index is 1570. The number of amides is 1. The molecule has 5 rings (SSSR count). The number of methoxy groups -OCH3 is 2. The largest absolute Gasteiger partial charge is 0.497 e. The van der Waals surface area contributed by atoms with Crippen LogP contribution in [0.15, 0.2) is 78.3 Å². The average molecular weight is 566 g/mol. The molecule has 1 amide bonds. The number of hydrogen-bond donors (Lipinski definition) is 2. The lowest BCUT2D eigenvalue weighted by Gasteiger charge is -2.29. The summed E-state index contributed by atoms with van der Waals surface area (Å²) < 4.78 is 18.5. The van der Waals surface area contributed by atoms with Gasteiger partial charge in [0.15, 0.2) is 0 Å². The summed E-state index contributed by atoms with van der Waals surface area (Å²) in [5, 5.41) is 11.5. The molecule has 0 spiro atoms. The third-order valence-corrected chi connectivity index (χ3v) is 7.00. The fourth-order valence-electron chi connectivity index (χ4n) is 4.36. The number of carbonyl (C=O) groups is 1. The number of ether oxygens (including phenoxy) is 3. The van der Waals surface area contributed by atoms with Gasteiger partial charge in [0.2, 0.25) is 5.95 Å². The molecule has 3 aromatic carbocycles. The predicted octanol–water partition coefficient (Wildman–Crippen LogP) is 6.11. The number of halogens is 2. The van der Waals surface area contributed by atoms with E-state index in [2.05, 4.69) is 20.7 Å². The van der Waals surface area contributed by atoms with Gasteiger partial charge in [0.05, 0.1) is 35.5 Å². The van der Waals surface area contributed by atoms with E-state index in [0.29, 0.717) is 56.8 Å². The van der Waals surface area contributed by atoms with Gasteiger partial charge in [-0.05, 0) is 54.4 Å². The Morgan fingerprint density at radius 2 is 1.87 bits per heavy atom. The monoisotopic (exact) mass is 565 g/mol. The maximum Gasteiger partial charge on any atom is 0.255 e. The average Bonchev–Trinajstić information content (AvgIpc) is 3.41. The van der Waals surface area contributed by atoms with E-state index < -0.39 is 6.04 Å². The molecule has 1 aromatic heterocycles. The number of rotatable bonds is 8. The molecule has 1 aliphatic heterocycles. The van der Waals surface area contributed by atoms with Crippen LogP contribution in [-0.2, 0) is 11.4 Å². The van der Waals surface area contributed by atoms with Gasteiger partial charge in [-0.3, -0.25) is 4.79 Å². The zero-order valence-corrected chi connectivity index (χ0v) is 22.9. The molecule has 2 heterocycles. The first-order valence-electron chi connectivity index (χ1n) is 11.9. The van der Waals surface area contributed by atoms with Crippen LogP contribution in [0.3, 0.4) is 0 Å². The van der Waals surface area contributed by atoms with Crippen molar-refractivity contribution in [1.29, 1.82) is 0 Å². The summed E-state index contributed by atoms with van der Waals surface area (Å²) in [6, 6.07) is 17.5. The highest BCUT2D eigenvalue weighted by molar-refractivity contribution is 6.42. The fraction of sp³-hybridized carbons (Fsp3) is 0.179. The third kappa shape index (κ3) is 5.50. The molecule has 39 heavy (non-hydrogen) atoms. The molecule has 0 saturated carbocycles. The van der Waals surface area contributed by atoms with Crippen molar-refractivity contribution in [2.24, 2.45) is 0 Å². The zero-order valence-electron chi connectivity index (χ0n) is 21.4. The Hall–Kier alpha value is -4.21. The van der Waals surface area contributed by atoms with Crippen LogP contribution in [-0.4, -0.2) is 34.9 Å². The second-order valence-corrected chi connectivity index (χ2v) is 9.54. The Morgan fingerprint density at radius 1 is 1.03 bits per heavy atom. The standard InChI is InChI=1S/C28H25Cl2N5O4/c1-16-25(27(36)34-23-10-8-19(37-2)13-24(23)38-3)26(35-28(33-16)31-15-32-35)18-5-4-6-20(12-18)39-14-17-7-9-21(29)22(30)11-17/h4-13,15,26H,14H2,1-3H3,(H,34,36)(H,31,32,33)/t26-/m1/s1. The number of anilines is 2. The van der Waals surface area contributed by atoms with Crippen molar-refractivity contribution in [2.45, 2.75) is 19.6 Å². The van der Waals surface area contributed by atoms with E-state index in [-0.39, 0.29) is 5.91 Å². The van der Waals surface area contributed by atoms with Crippen molar-refractivity contribution in [2.75, 3.05) is 24.9 Å². The highest BCUT2D eigenvalue weighted by Crippen LogP contribution is 2.37. The molecule has 0 aliphatic carbocycles. The van der Waals surface area contributed by atoms with E-state index in [4.69, 9.17) is 37.4 Å². The summed E-state index contributed by atoms with van der Waals surface area (Å²) in [4.78, 5) is 18.1. The summed E-state index contributed by atoms with van der Waals surface area (Å²) in [6.45, 7) is 2.12. The number of allylic oxidation sites excluding steroid dienone is 1. The van der Waals surface area contributed by atoms with Gasteiger partial charge in [-0.1, -0.05) is 41.4 Å². The summed E-state index contributed by atoms with van der Waals surface area (Å²) in [5.41, 5.74) is 3.28. The second-order valence-electron chi connectivity index (χ2n) is 8.72. The van der Waals surface area contributed by atoms with Gasteiger partial charge in [0, 0.05) is 11.8 Å². The van der Waals surface area contributed by atoms with Crippen LogP contribution >= 0.6 is 23.2 Å². The Labute approximate surface area is 235 Å². The normalized spacial score (nSPS) is 14.3. The van der Waals surface area contributed by atoms with E-state index in [9.17, 15) is 4.79 Å². The van der Waals surface area contributed by atoms with Crippen molar-refractivity contribution in [3.8, 4) is 17.2 Å². The van der Waals surface area contributed by atoms with E-state index in [1.54, 1.807) is 42.1 Å². The molecular formula is C28H25Cl2N5O4. The smallest absolute Gasteiger partial charge is 0.255 e. The quantitative estimate of drug-likeness (QED) is 0.266. The van der Waals surface area contributed by atoms with Gasteiger partial charge in [-0.15, -0.1) is 0 Å². The van der Waals surface area contributed by atoms with Gasteiger partial charge in [-0.2, -0.15) is 10.1 Å². The summed E-state index contributed by atoms with van der Waals surface area (Å²) in [6.07, 6.45) is 1.45. The van der Waals surface area contributed by atoms with Crippen LogP contribution in [0.2, 0.25) is 10.0 Å². The molecule has 0 radical (unpaired) electrons. The van der Waals surface area contributed by atoms with Crippen LogP contribution in [0.4, 0.5) is 11.6 Å². The highest BCUT2D eigenvalue weighted by atomic mass is 35.5. The lowest BCUT2D eigenvalue weighted by atomic mass is 9.94. The van der Waals surface area contributed by atoms with Crippen molar-refractivity contribution in [3.63, 3.8) is 0 Å². The molecule has 200 valence electrons. The van der Waals surface area contributed by atoms with Crippen LogP contribution in [0.5, 0.6) is 17.2 Å². The van der Waals surface area contributed by atoms with Crippen LogP contribution in [0.25, 0.3) is 0 Å². The molecule has 2 N–H and O–H groups in total. The summed E-state index contributed by atoms with van der Waals surface area (Å²) in [5.74, 6) is 1.91. The molecule has 1 aliphatic rings. The summed E-state index contributed by atoms with van der Waals surface area (Å²) in [7, 11) is 3.10. The first kappa shape index (κ1) is 26.4. The lowest BCUT2D eigenvalue weighted by molar-refractivity contribution is -0.113. The lowest BCUT2D eigenvalue weighted by Crippen LogP contribution is -2.31. The van der Waals surface area contributed by atoms with Gasteiger partial charge < -0.3 is 24.8 Å². The zero-order chi connectivity index (χ0) is 27.5. The maximum atomic E-state index is 13.8. The van der Waals surface area contributed by atoms with E-state index in [1.807, 2.05) is 37.3 Å². The van der Waals surface area contributed by atoms with Crippen molar-refractivity contribution in [3.05, 3.63) is 99.4 Å². The first-order valence-corrected chi connectivity index (χ1v) is 12.7. The molecule has 1 atom stereocenters. The van der Waals surface area contributed by atoms with Gasteiger partial charge in [0.1, 0.15) is 36.2 Å². The number of nitrogens with zero attached hydrogens (tertiary/aromatic N) is 3. The van der Waals surface area contributed by atoms with Crippen molar-refractivity contribution in [1.82, 2.24) is 14.8 Å². The number of aromatic nitrogens is 3. The molecular weight excluding hydrogens is 541 g/mol. The number of hydrogen-bond acceptors (Lipinski definition) is 7.